The molecular weight excluding hydrogens is 496 g/mol. The summed E-state index contributed by atoms with van der Waals surface area (Å²) >= 11 is 5.97. The second kappa shape index (κ2) is 9.41. The van der Waals surface area contributed by atoms with Crippen LogP contribution in [0.15, 0.2) is 108 Å². The Labute approximate surface area is 214 Å². The van der Waals surface area contributed by atoms with Crippen LogP contribution in [0.4, 0.5) is 5.69 Å². The number of sulfone groups is 1. The smallest absolute Gasteiger partial charge is 0.330 e. The second-order valence-electron chi connectivity index (χ2n) is 8.81. The molecule has 0 spiro atoms. The molecule has 0 amide bonds. The van der Waals surface area contributed by atoms with Gasteiger partial charge in [-0.1, -0.05) is 66.2 Å². The lowest BCUT2D eigenvalue weighted by molar-refractivity contribution is -0.139. The van der Waals surface area contributed by atoms with Gasteiger partial charge in [0.15, 0.2) is 9.84 Å². The van der Waals surface area contributed by atoms with Crippen LogP contribution in [0, 0.1) is 0 Å². The lowest BCUT2D eigenvalue weighted by Gasteiger charge is -2.32. The number of rotatable bonds is 8. The van der Waals surface area contributed by atoms with E-state index in [0.717, 1.165) is 16.7 Å². The fraction of sp³-hybridized carbons (Fsp3) is 0.143. The first kappa shape index (κ1) is 24.0. The fourth-order valence-corrected chi connectivity index (χ4v) is 6.20. The average molecular weight is 519 g/mol. The minimum Gasteiger partial charge on any atom is -0.479 e. The third-order valence-electron chi connectivity index (χ3n) is 6.63. The van der Waals surface area contributed by atoms with Crippen LogP contribution in [0.2, 0.25) is 5.02 Å². The quantitative estimate of drug-likeness (QED) is 0.324. The minimum absolute atomic E-state index is 0.117. The van der Waals surface area contributed by atoms with Crippen molar-refractivity contribution < 1.29 is 18.3 Å². The number of benzene rings is 3. The molecule has 3 aromatic carbocycles. The monoisotopic (exact) mass is 518 g/mol. The van der Waals surface area contributed by atoms with Crippen molar-refractivity contribution in [2.75, 3.05) is 10.8 Å². The zero-order chi connectivity index (χ0) is 25.3. The standard InChI is InChI=1S/C28H23ClN2O4S/c29-23-12-8-20(9-13-23)21-10-14-25(15-11-21)36(34,35)19-31(24-7-4-16-30-18-24)28(27(32)33)17-26(28)22-5-2-1-3-6-22/h1-16,18,26H,17,19H2,(H,32,33)/t26-,28+/m0/s1. The maximum Gasteiger partial charge on any atom is 0.330 e. The number of aromatic nitrogens is 1. The van der Waals surface area contributed by atoms with Gasteiger partial charge >= 0.3 is 5.97 Å². The zero-order valence-electron chi connectivity index (χ0n) is 19.2. The molecule has 36 heavy (non-hydrogen) atoms. The number of nitrogens with zero attached hydrogens (tertiary/aromatic N) is 2. The lowest BCUT2D eigenvalue weighted by atomic mass is 10.0. The molecule has 8 heteroatoms. The maximum absolute atomic E-state index is 13.6. The molecular formula is C28H23ClN2O4S. The zero-order valence-corrected chi connectivity index (χ0v) is 20.7. The largest absolute Gasteiger partial charge is 0.479 e. The summed E-state index contributed by atoms with van der Waals surface area (Å²) in [6.07, 6.45) is 3.37. The van der Waals surface area contributed by atoms with Crippen LogP contribution in [0.5, 0.6) is 0 Å². The predicted octanol–water partition coefficient (Wildman–Crippen LogP) is 5.65. The van der Waals surface area contributed by atoms with Gasteiger partial charge in [0.1, 0.15) is 11.4 Å². The molecule has 1 aromatic heterocycles. The SMILES string of the molecule is O=C(O)[C@@]1(N(CS(=O)(=O)c2ccc(-c3ccc(Cl)cc3)cc2)c2cccnc2)C[C@H]1c1ccccc1. The first-order valence-corrected chi connectivity index (χ1v) is 13.4. The normalized spacial score (nSPS) is 19.0. The second-order valence-corrected chi connectivity index (χ2v) is 11.2. The minimum atomic E-state index is -3.88. The number of hydrogen-bond acceptors (Lipinski definition) is 5. The van der Waals surface area contributed by atoms with E-state index in [1.54, 1.807) is 54.7 Å². The summed E-state index contributed by atoms with van der Waals surface area (Å²) in [5, 5.41) is 11.0. The third kappa shape index (κ3) is 4.47. The molecule has 1 aliphatic carbocycles. The lowest BCUT2D eigenvalue weighted by Crippen LogP contribution is -2.48. The van der Waals surface area contributed by atoms with Gasteiger partial charge in [-0.15, -0.1) is 0 Å². The number of hydrogen-bond donors (Lipinski definition) is 1. The summed E-state index contributed by atoms with van der Waals surface area (Å²) in [6.45, 7) is 0. The molecule has 6 nitrogen and oxygen atoms in total. The topological polar surface area (TPSA) is 87.6 Å². The molecule has 0 aliphatic heterocycles. The molecule has 1 aliphatic rings. The van der Waals surface area contributed by atoms with Crippen molar-refractivity contribution >= 4 is 33.1 Å². The van der Waals surface area contributed by atoms with Crippen molar-refractivity contribution in [1.82, 2.24) is 4.98 Å². The van der Waals surface area contributed by atoms with Crippen LogP contribution < -0.4 is 4.90 Å². The number of carbonyl (C=O) groups is 1. The number of anilines is 1. The number of halogens is 1. The molecule has 1 saturated carbocycles. The van der Waals surface area contributed by atoms with Gasteiger partial charge in [-0.25, -0.2) is 13.2 Å². The van der Waals surface area contributed by atoms with Gasteiger partial charge < -0.3 is 10.0 Å². The molecule has 1 heterocycles. The van der Waals surface area contributed by atoms with Crippen molar-refractivity contribution in [2.24, 2.45) is 0 Å². The predicted molar refractivity (Wildman–Crippen MR) is 140 cm³/mol. The van der Waals surface area contributed by atoms with E-state index in [-0.39, 0.29) is 10.8 Å². The third-order valence-corrected chi connectivity index (χ3v) is 8.47. The Bertz CT molecular complexity index is 1480. The van der Waals surface area contributed by atoms with Crippen molar-refractivity contribution in [2.45, 2.75) is 22.8 Å². The first-order chi connectivity index (χ1) is 17.3. The van der Waals surface area contributed by atoms with E-state index in [1.165, 1.54) is 11.1 Å². The molecule has 5 rings (SSSR count). The van der Waals surface area contributed by atoms with E-state index >= 15 is 0 Å². The van der Waals surface area contributed by atoms with Gasteiger partial charge in [0.2, 0.25) is 0 Å². The summed E-state index contributed by atoms with van der Waals surface area (Å²) in [7, 11) is -3.88. The molecule has 1 N–H and O–H groups in total. The number of carboxylic acid groups (broad SMARTS) is 1. The van der Waals surface area contributed by atoms with Crippen molar-refractivity contribution in [3.05, 3.63) is 114 Å². The van der Waals surface area contributed by atoms with E-state index in [0.29, 0.717) is 17.1 Å². The Morgan fingerprint density at radius 1 is 0.944 bits per heavy atom. The fourth-order valence-electron chi connectivity index (χ4n) is 4.66. The number of carboxylic acids is 1. The Hall–Kier alpha value is -3.68. The van der Waals surface area contributed by atoms with Crippen LogP contribution in [0.1, 0.15) is 17.9 Å². The van der Waals surface area contributed by atoms with E-state index in [9.17, 15) is 18.3 Å². The Morgan fingerprint density at radius 2 is 1.58 bits per heavy atom. The maximum atomic E-state index is 13.6. The molecule has 4 aromatic rings. The van der Waals surface area contributed by atoms with Gasteiger partial charge in [0, 0.05) is 17.1 Å². The summed E-state index contributed by atoms with van der Waals surface area (Å²) in [4.78, 5) is 18.4. The van der Waals surface area contributed by atoms with Gasteiger partial charge in [0.25, 0.3) is 0 Å². The van der Waals surface area contributed by atoms with E-state index in [4.69, 9.17) is 11.6 Å². The van der Waals surface area contributed by atoms with Crippen molar-refractivity contribution in [3.8, 4) is 11.1 Å². The molecule has 0 saturated heterocycles. The molecule has 0 bridgehead atoms. The van der Waals surface area contributed by atoms with E-state index < -0.39 is 27.2 Å². The Kier molecular flexibility index (Phi) is 6.28. The summed E-state index contributed by atoms with van der Waals surface area (Å²) in [6, 6.07) is 26.5. The summed E-state index contributed by atoms with van der Waals surface area (Å²) in [5.74, 6) is -1.90. The molecule has 182 valence electrons. The van der Waals surface area contributed by atoms with Crippen LogP contribution in [0.3, 0.4) is 0 Å². The highest BCUT2D eigenvalue weighted by atomic mass is 35.5. The Balaban J connectivity index is 1.49. The van der Waals surface area contributed by atoms with Crippen molar-refractivity contribution in [1.29, 1.82) is 0 Å². The van der Waals surface area contributed by atoms with E-state index in [1.807, 2.05) is 42.5 Å². The average Bonchev–Trinajstić information content (AvgIpc) is 3.66. The van der Waals surface area contributed by atoms with Crippen LogP contribution in [-0.4, -0.2) is 35.9 Å². The number of pyridine rings is 1. The summed E-state index contributed by atoms with van der Waals surface area (Å²) in [5.41, 5.74) is 1.68. The molecule has 2 atom stereocenters. The van der Waals surface area contributed by atoms with Gasteiger partial charge in [0.05, 0.1) is 16.8 Å². The van der Waals surface area contributed by atoms with Gasteiger partial charge in [-0.2, -0.15) is 0 Å². The van der Waals surface area contributed by atoms with Crippen LogP contribution >= 0.6 is 11.6 Å². The number of aliphatic carboxylic acids is 1. The van der Waals surface area contributed by atoms with Crippen LogP contribution in [0.25, 0.3) is 11.1 Å². The first-order valence-electron chi connectivity index (χ1n) is 11.4. The Morgan fingerprint density at radius 3 is 2.17 bits per heavy atom. The van der Waals surface area contributed by atoms with Gasteiger partial charge in [-0.3, -0.25) is 4.98 Å². The molecule has 1 fully saturated rings. The molecule has 0 radical (unpaired) electrons. The summed E-state index contributed by atoms with van der Waals surface area (Å²) < 4.78 is 27.2. The van der Waals surface area contributed by atoms with Crippen molar-refractivity contribution in [3.63, 3.8) is 0 Å². The highest BCUT2D eigenvalue weighted by molar-refractivity contribution is 7.91. The highest BCUT2D eigenvalue weighted by Crippen LogP contribution is 2.57. The molecule has 0 unspecified atom stereocenters. The van der Waals surface area contributed by atoms with Gasteiger partial charge in [-0.05, 0) is 59.5 Å². The highest BCUT2D eigenvalue weighted by Gasteiger charge is 2.65. The van der Waals surface area contributed by atoms with Crippen LogP contribution in [-0.2, 0) is 14.6 Å². The van der Waals surface area contributed by atoms with E-state index in [2.05, 4.69) is 4.98 Å².